The fourth-order valence-corrected chi connectivity index (χ4v) is 0.348. The quantitative estimate of drug-likeness (QED) is 0.345. The Morgan fingerprint density at radius 2 is 2.11 bits per heavy atom. The first-order valence-electron chi connectivity index (χ1n) is 2.29. The highest BCUT2D eigenvalue weighted by Crippen LogP contribution is 2.02. The molecule has 2 N–H and O–H groups in total. The van der Waals surface area contributed by atoms with E-state index in [9.17, 15) is 4.39 Å². The predicted molar refractivity (Wildman–Crippen MR) is 37.6 cm³/mol. The van der Waals surface area contributed by atoms with Gasteiger partial charge in [-0.15, -0.1) is 0 Å². The molecule has 0 bridgehead atoms. The minimum Gasteiger partial charge on any atom is -0.486 e. The van der Waals surface area contributed by atoms with Crippen LogP contribution in [0.1, 0.15) is 6.92 Å². The average Bonchev–Trinajstić information content (AvgIpc) is 1.84. The zero-order valence-electron chi connectivity index (χ0n) is 5.27. The third kappa shape index (κ3) is 2.41. The minimum absolute atomic E-state index is 0.0926. The van der Waals surface area contributed by atoms with Gasteiger partial charge in [0.2, 0.25) is 0 Å². The van der Waals surface area contributed by atoms with Gasteiger partial charge in [0.25, 0.3) is 0 Å². The largest absolute Gasteiger partial charge is 0.486 e. The van der Waals surface area contributed by atoms with Crippen molar-refractivity contribution < 1.29 is 9.13 Å². The van der Waals surface area contributed by atoms with Gasteiger partial charge in [0.1, 0.15) is 0 Å². The number of thiocarbonyl (C=S) groups is 1. The van der Waals surface area contributed by atoms with Gasteiger partial charge in [0.05, 0.1) is 12.7 Å². The first-order valence-corrected chi connectivity index (χ1v) is 2.70. The minimum atomic E-state index is -0.790. The lowest BCUT2D eigenvalue weighted by Gasteiger charge is -1.99. The van der Waals surface area contributed by atoms with Gasteiger partial charge in [-0.1, -0.05) is 0 Å². The Hall–Kier alpha value is -0.640. The molecule has 0 aromatic heterocycles. The van der Waals surface area contributed by atoms with Crippen LogP contribution >= 0.6 is 12.2 Å². The zero-order chi connectivity index (χ0) is 7.44. The van der Waals surface area contributed by atoms with Crippen LogP contribution < -0.4 is 5.73 Å². The molecule has 0 aliphatic heterocycles. The number of hydrogen-bond donors (Lipinski definition) is 1. The molecule has 4 heteroatoms. The van der Waals surface area contributed by atoms with Crippen LogP contribution in [0.4, 0.5) is 4.39 Å². The lowest BCUT2D eigenvalue weighted by Crippen LogP contribution is -2.04. The first kappa shape index (κ1) is 8.36. The second-order valence-corrected chi connectivity index (χ2v) is 1.84. The molecular formula is C5H8FNOS. The lowest BCUT2D eigenvalue weighted by molar-refractivity contribution is 0.412. The number of halogens is 1. The fraction of sp³-hybridized carbons (Fsp3) is 0.400. The summed E-state index contributed by atoms with van der Waals surface area (Å²) in [6.45, 7) is 1.46. The second kappa shape index (κ2) is 3.40. The summed E-state index contributed by atoms with van der Waals surface area (Å²) >= 11 is 4.55. The Morgan fingerprint density at radius 1 is 1.67 bits per heavy atom. The molecule has 9 heavy (non-hydrogen) atoms. The summed E-state index contributed by atoms with van der Waals surface area (Å²) in [7, 11) is 1.37. The Bertz CT molecular complexity index is 151. The molecule has 0 saturated carbocycles. The monoisotopic (exact) mass is 149 g/mol. The molecule has 0 aromatic carbocycles. The van der Waals surface area contributed by atoms with Crippen LogP contribution in [0, 0.1) is 0 Å². The Morgan fingerprint density at radius 3 is 2.22 bits per heavy atom. The Balaban J connectivity index is 4.21. The molecule has 0 amide bonds. The number of rotatable bonds is 1. The average molecular weight is 149 g/mol. The highest BCUT2D eigenvalue weighted by atomic mass is 32.1. The summed E-state index contributed by atoms with van der Waals surface area (Å²) in [6.07, 6.45) is 0. The van der Waals surface area contributed by atoms with Gasteiger partial charge in [-0.25, -0.2) is 0 Å². The van der Waals surface area contributed by atoms with E-state index in [0.717, 1.165) is 0 Å². The van der Waals surface area contributed by atoms with Crippen LogP contribution in [-0.4, -0.2) is 12.2 Å². The molecule has 0 spiro atoms. The molecule has 0 radical (unpaired) electrons. The van der Waals surface area contributed by atoms with Crippen molar-refractivity contribution in [1.82, 2.24) is 0 Å². The van der Waals surface area contributed by atoms with E-state index in [2.05, 4.69) is 17.0 Å². The van der Waals surface area contributed by atoms with Gasteiger partial charge >= 0.3 is 0 Å². The van der Waals surface area contributed by atoms with Gasteiger partial charge in [0.15, 0.2) is 11.0 Å². The molecule has 52 valence electrons. The first-order chi connectivity index (χ1) is 4.09. The summed E-state index contributed by atoms with van der Waals surface area (Å²) in [5.74, 6) is -0.790. The van der Waals surface area contributed by atoms with E-state index in [1.807, 2.05) is 0 Å². The standard InChI is InChI=1S/C5H8FNOS/c1-3(4(6)7)5(9)8-2/h7H2,1-2H3. The highest BCUT2D eigenvalue weighted by Gasteiger charge is 2.01. The van der Waals surface area contributed by atoms with Crippen molar-refractivity contribution in [3.63, 3.8) is 0 Å². The number of ether oxygens (including phenoxy) is 1. The van der Waals surface area contributed by atoms with Crippen LogP contribution in [0.15, 0.2) is 11.5 Å². The van der Waals surface area contributed by atoms with Crippen LogP contribution in [0.3, 0.4) is 0 Å². The maximum atomic E-state index is 12.0. The summed E-state index contributed by atoms with van der Waals surface area (Å²) in [6, 6.07) is 0. The van der Waals surface area contributed by atoms with Crippen molar-refractivity contribution in [2.24, 2.45) is 5.73 Å². The molecule has 2 nitrogen and oxygen atoms in total. The van der Waals surface area contributed by atoms with Crippen molar-refractivity contribution in [2.45, 2.75) is 6.92 Å². The van der Waals surface area contributed by atoms with Crippen LogP contribution in [-0.2, 0) is 4.74 Å². The van der Waals surface area contributed by atoms with Gasteiger partial charge < -0.3 is 10.5 Å². The van der Waals surface area contributed by atoms with Crippen molar-refractivity contribution in [2.75, 3.05) is 7.11 Å². The Labute approximate surface area is 58.5 Å². The number of methoxy groups -OCH3 is 1. The normalized spacial score (nSPS) is 12.3. The maximum Gasteiger partial charge on any atom is 0.192 e. The topological polar surface area (TPSA) is 35.2 Å². The van der Waals surface area contributed by atoms with E-state index < -0.39 is 5.95 Å². The van der Waals surface area contributed by atoms with E-state index in [1.165, 1.54) is 14.0 Å². The second-order valence-electron chi connectivity index (χ2n) is 1.46. The molecule has 0 aromatic rings. The zero-order valence-corrected chi connectivity index (χ0v) is 6.09. The van der Waals surface area contributed by atoms with E-state index >= 15 is 0 Å². The smallest absolute Gasteiger partial charge is 0.192 e. The molecule has 0 fully saturated rings. The molecule has 0 aliphatic rings. The number of nitrogens with two attached hydrogens (primary N) is 1. The molecular weight excluding hydrogens is 141 g/mol. The SMILES string of the molecule is COC(=S)C(C)=C(N)F. The molecule has 0 aliphatic carbocycles. The van der Waals surface area contributed by atoms with Crippen LogP contribution in [0.25, 0.3) is 0 Å². The predicted octanol–water partition coefficient (Wildman–Crippen LogP) is 1.12. The van der Waals surface area contributed by atoms with Gasteiger partial charge in [-0.2, -0.15) is 4.39 Å². The molecule has 0 heterocycles. The van der Waals surface area contributed by atoms with Crippen molar-refractivity contribution >= 4 is 17.3 Å². The van der Waals surface area contributed by atoms with E-state index in [1.54, 1.807) is 0 Å². The fourth-order valence-electron chi connectivity index (χ4n) is 0.251. The lowest BCUT2D eigenvalue weighted by atomic mass is 10.3. The van der Waals surface area contributed by atoms with E-state index in [-0.39, 0.29) is 10.6 Å². The van der Waals surface area contributed by atoms with Crippen LogP contribution in [0.2, 0.25) is 0 Å². The van der Waals surface area contributed by atoms with Crippen molar-refractivity contribution in [3.8, 4) is 0 Å². The third-order valence-corrected chi connectivity index (χ3v) is 1.32. The van der Waals surface area contributed by atoms with E-state index in [0.29, 0.717) is 0 Å². The van der Waals surface area contributed by atoms with Crippen molar-refractivity contribution in [1.29, 1.82) is 0 Å². The molecule has 0 rings (SSSR count). The van der Waals surface area contributed by atoms with E-state index in [4.69, 9.17) is 5.73 Å². The number of hydrogen-bond acceptors (Lipinski definition) is 3. The Kier molecular flexibility index (Phi) is 3.16. The summed E-state index contributed by atoms with van der Waals surface area (Å²) < 4.78 is 16.5. The van der Waals surface area contributed by atoms with Crippen molar-refractivity contribution in [3.05, 3.63) is 11.5 Å². The maximum absolute atomic E-state index is 12.0. The summed E-state index contributed by atoms with van der Waals surface area (Å²) in [4.78, 5) is 0. The van der Waals surface area contributed by atoms with Crippen LogP contribution in [0.5, 0.6) is 0 Å². The van der Waals surface area contributed by atoms with Gasteiger partial charge in [0, 0.05) is 0 Å². The molecule has 0 unspecified atom stereocenters. The summed E-state index contributed by atoms with van der Waals surface area (Å²) in [5.41, 5.74) is 4.93. The highest BCUT2D eigenvalue weighted by molar-refractivity contribution is 7.80. The molecule has 0 atom stereocenters. The van der Waals surface area contributed by atoms with Gasteiger partial charge in [-0.05, 0) is 19.1 Å². The summed E-state index contributed by atoms with van der Waals surface area (Å²) in [5, 5.41) is 0.0926. The molecule has 0 saturated heterocycles. The third-order valence-electron chi connectivity index (χ3n) is 0.850. The van der Waals surface area contributed by atoms with Gasteiger partial charge in [-0.3, -0.25) is 0 Å².